The Morgan fingerprint density at radius 1 is 1.23 bits per heavy atom. The maximum absolute atomic E-state index is 9.78. The van der Waals surface area contributed by atoms with Crippen molar-refractivity contribution < 1.29 is 9.84 Å². The first-order chi connectivity index (χ1) is 10.8. The second kappa shape index (κ2) is 6.56. The SMILES string of the molecule is COc1ccc(CNc2ccc(N3CCCC3)nc2)cc1O. The fourth-order valence-corrected chi connectivity index (χ4v) is 2.67. The monoisotopic (exact) mass is 299 g/mol. The Kier molecular flexibility index (Phi) is 4.32. The largest absolute Gasteiger partial charge is 0.504 e. The first kappa shape index (κ1) is 14.5. The third kappa shape index (κ3) is 3.24. The number of pyridine rings is 1. The predicted molar refractivity (Wildman–Crippen MR) is 87.7 cm³/mol. The number of ether oxygens (including phenoxy) is 1. The van der Waals surface area contributed by atoms with Crippen molar-refractivity contribution in [3.05, 3.63) is 42.1 Å². The van der Waals surface area contributed by atoms with Crippen molar-refractivity contribution in [1.29, 1.82) is 0 Å². The molecule has 0 atom stereocenters. The molecule has 116 valence electrons. The first-order valence-electron chi connectivity index (χ1n) is 7.57. The van der Waals surface area contributed by atoms with Crippen LogP contribution in [-0.4, -0.2) is 30.3 Å². The van der Waals surface area contributed by atoms with Crippen LogP contribution < -0.4 is 15.0 Å². The van der Waals surface area contributed by atoms with Gasteiger partial charge in [0.25, 0.3) is 0 Å². The number of anilines is 2. The summed E-state index contributed by atoms with van der Waals surface area (Å²) in [6.07, 6.45) is 4.36. The zero-order chi connectivity index (χ0) is 15.4. The van der Waals surface area contributed by atoms with E-state index in [9.17, 15) is 5.11 Å². The number of hydrogen-bond donors (Lipinski definition) is 2. The Hall–Kier alpha value is -2.43. The molecule has 0 saturated carbocycles. The summed E-state index contributed by atoms with van der Waals surface area (Å²) in [5.41, 5.74) is 1.96. The van der Waals surface area contributed by atoms with Gasteiger partial charge in [-0.25, -0.2) is 4.98 Å². The van der Waals surface area contributed by atoms with E-state index in [-0.39, 0.29) is 5.75 Å². The van der Waals surface area contributed by atoms with E-state index in [1.807, 2.05) is 18.3 Å². The minimum absolute atomic E-state index is 0.157. The zero-order valence-corrected chi connectivity index (χ0v) is 12.7. The summed E-state index contributed by atoms with van der Waals surface area (Å²) in [6.45, 7) is 2.83. The summed E-state index contributed by atoms with van der Waals surface area (Å²) >= 11 is 0. The van der Waals surface area contributed by atoms with Crippen LogP contribution in [-0.2, 0) is 6.54 Å². The lowest BCUT2D eigenvalue weighted by atomic mass is 10.2. The quantitative estimate of drug-likeness (QED) is 0.889. The smallest absolute Gasteiger partial charge is 0.160 e. The van der Waals surface area contributed by atoms with E-state index in [1.54, 1.807) is 19.2 Å². The van der Waals surface area contributed by atoms with Gasteiger partial charge < -0.3 is 20.1 Å². The predicted octanol–water partition coefficient (Wildman–Crippen LogP) is 3.01. The molecule has 1 fully saturated rings. The van der Waals surface area contributed by atoms with Gasteiger partial charge in [0.2, 0.25) is 0 Å². The van der Waals surface area contributed by atoms with Crippen LogP contribution in [0.15, 0.2) is 36.5 Å². The second-order valence-corrected chi connectivity index (χ2v) is 5.46. The van der Waals surface area contributed by atoms with Gasteiger partial charge in [-0.1, -0.05) is 6.07 Å². The van der Waals surface area contributed by atoms with Crippen molar-refractivity contribution in [2.45, 2.75) is 19.4 Å². The van der Waals surface area contributed by atoms with Crippen molar-refractivity contribution in [1.82, 2.24) is 4.98 Å². The molecule has 1 aromatic heterocycles. The molecule has 1 aliphatic heterocycles. The van der Waals surface area contributed by atoms with Crippen molar-refractivity contribution in [3.8, 4) is 11.5 Å². The summed E-state index contributed by atoms with van der Waals surface area (Å²) in [5, 5.41) is 13.1. The molecule has 2 N–H and O–H groups in total. The second-order valence-electron chi connectivity index (χ2n) is 5.46. The molecule has 1 aromatic carbocycles. The van der Waals surface area contributed by atoms with Crippen LogP contribution in [0.3, 0.4) is 0 Å². The standard InChI is InChI=1S/C17H21N3O2/c1-22-16-6-4-13(10-15(16)21)11-18-14-5-7-17(19-12-14)20-8-2-3-9-20/h4-7,10,12,18,21H,2-3,8-9,11H2,1H3. The molecule has 22 heavy (non-hydrogen) atoms. The number of nitrogens with zero attached hydrogens (tertiary/aromatic N) is 2. The van der Waals surface area contributed by atoms with Crippen molar-refractivity contribution in [2.75, 3.05) is 30.4 Å². The Labute approximate surface area is 130 Å². The average Bonchev–Trinajstić information content (AvgIpc) is 3.08. The Balaban J connectivity index is 1.60. The Bertz CT molecular complexity index is 622. The number of methoxy groups -OCH3 is 1. The van der Waals surface area contributed by atoms with Crippen LogP contribution in [0.25, 0.3) is 0 Å². The number of rotatable bonds is 5. The highest BCUT2D eigenvalue weighted by Gasteiger charge is 2.12. The fourth-order valence-electron chi connectivity index (χ4n) is 2.67. The normalized spacial score (nSPS) is 14.1. The third-order valence-electron chi connectivity index (χ3n) is 3.92. The summed E-state index contributed by atoms with van der Waals surface area (Å²) < 4.78 is 5.04. The minimum atomic E-state index is 0.157. The van der Waals surface area contributed by atoms with Crippen LogP contribution in [0.4, 0.5) is 11.5 Å². The molecule has 0 radical (unpaired) electrons. The molecule has 0 unspecified atom stereocenters. The van der Waals surface area contributed by atoms with Gasteiger partial charge in [0.05, 0.1) is 19.0 Å². The highest BCUT2D eigenvalue weighted by Crippen LogP contribution is 2.26. The molecule has 5 heteroatoms. The number of phenolic OH excluding ortho intramolecular Hbond substituents is 1. The molecule has 0 spiro atoms. The van der Waals surface area contributed by atoms with E-state index in [0.29, 0.717) is 12.3 Å². The van der Waals surface area contributed by atoms with Crippen LogP contribution in [0.2, 0.25) is 0 Å². The van der Waals surface area contributed by atoms with Gasteiger partial charge in [-0.15, -0.1) is 0 Å². The van der Waals surface area contributed by atoms with Gasteiger partial charge in [0.1, 0.15) is 5.82 Å². The van der Waals surface area contributed by atoms with E-state index >= 15 is 0 Å². The first-order valence-corrected chi connectivity index (χ1v) is 7.57. The summed E-state index contributed by atoms with van der Waals surface area (Å²) in [4.78, 5) is 6.82. The van der Waals surface area contributed by atoms with Gasteiger partial charge in [-0.3, -0.25) is 0 Å². The Morgan fingerprint density at radius 2 is 2.05 bits per heavy atom. The summed E-state index contributed by atoms with van der Waals surface area (Å²) in [5.74, 6) is 1.69. The van der Waals surface area contributed by atoms with Crippen LogP contribution >= 0.6 is 0 Å². The molecule has 2 aromatic rings. The number of benzene rings is 1. The lowest BCUT2D eigenvalue weighted by Gasteiger charge is -2.16. The zero-order valence-electron chi connectivity index (χ0n) is 12.7. The van der Waals surface area contributed by atoms with Gasteiger partial charge in [-0.05, 0) is 42.7 Å². The van der Waals surface area contributed by atoms with E-state index in [0.717, 1.165) is 30.2 Å². The van der Waals surface area contributed by atoms with Crippen LogP contribution in [0.1, 0.15) is 18.4 Å². The average molecular weight is 299 g/mol. The van der Waals surface area contributed by atoms with Crippen LogP contribution in [0, 0.1) is 0 Å². The fraction of sp³-hybridized carbons (Fsp3) is 0.353. The maximum atomic E-state index is 9.78. The molecule has 5 nitrogen and oxygen atoms in total. The highest BCUT2D eigenvalue weighted by atomic mass is 16.5. The number of hydrogen-bond acceptors (Lipinski definition) is 5. The molecular formula is C17H21N3O2. The minimum Gasteiger partial charge on any atom is -0.504 e. The van der Waals surface area contributed by atoms with E-state index in [4.69, 9.17) is 4.74 Å². The van der Waals surface area contributed by atoms with Crippen molar-refractivity contribution in [3.63, 3.8) is 0 Å². The highest BCUT2D eigenvalue weighted by molar-refractivity contribution is 5.50. The Morgan fingerprint density at radius 3 is 2.68 bits per heavy atom. The number of aromatic nitrogens is 1. The molecule has 3 rings (SSSR count). The summed E-state index contributed by atoms with van der Waals surface area (Å²) in [7, 11) is 1.54. The van der Waals surface area contributed by atoms with Crippen molar-refractivity contribution >= 4 is 11.5 Å². The van der Waals surface area contributed by atoms with E-state index < -0.39 is 0 Å². The topological polar surface area (TPSA) is 57.6 Å². The number of nitrogens with one attached hydrogen (secondary N) is 1. The van der Waals surface area contributed by atoms with E-state index in [2.05, 4.69) is 21.3 Å². The molecular weight excluding hydrogens is 278 g/mol. The van der Waals surface area contributed by atoms with Gasteiger partial charge in [0, 0.05) is 19.6 Å². The van der Waals surface area contributed by atoms with Crippen LogP contribution in [0.5, 0.6) is 11.5 Å². The van der Waals surface area contributed by atoms with Gasteiger partial charge in [-0.2, -0.15) is 0 Å². The molecule has 0 bridgehead atoms. The van der Waals surface area contributed by atoms with E-state index in [1.165, 1.54) is 12.8 Å². The van der Waals surface area contributed by atoms with Crippen molar-refractivity contribution in [2.24, 2.45) is 0 Å². The number of phenols is 1. The molecule has 0 amide bonds. The molecule has 1 saturated heterocycles. The lowest BCUT2D eigenvalue weighted by molar-refractivity contribution is 0.373. The lowest BCUT2D eigenvalue weighted by Crippen LogP contribution is -2.18. The molecule has 1 aliphatic rings. The third-order valence-corrected chi connectivity index (χ3v) is 3.92. The maximum Gasteiger partial charge on any atom is 0.160 e. The van der Waals surface area contributed by atoms with Gasteiger partial charge in [0.15, 0.2) is 11.5 Å². The summed E-state index contributed by atoms with van der Waals surface area (Å²) in [6, 6.07) is 9.50. The number of aromatic hydroxyl groups is 1. The molecule has 0 aliphatic carbocycles. The van der Waals surface area contributed by atoms with Gasteiger partial charge >= 0.3 is 0 Å². The molecule has 2 heterocycles.